The second-order valence-electron chi connectivity index (χ2n) is 5.96. The predicted molar refractivity (Wildman–Crippen MR) is 102 cm³/mol. The highest BCUT2D eigenvalue weighted by atomic mass is 16.5. The van der Waals surface area contributed by atoms with Crippen molar-refractivity contribution in [1.29, 1.82) is 0 Å². The Bertz CT molecular complexity index is 715. The fourth-order valence-corrected chi connectivity index (χ4v) is 2.37. The van der Waals surface area contributed by atoms with E-state index in [0.29, 0.717) is 17.2 Å². The maximum Gasteiger partial charge on any atom is 0.275 e. The first-order chi connectivity index (χ1) is 12.9. The first kappa shape index (κ1) is 22.1. The Morgan fingerprint density at radius 3 is 2.56 bits per heavy atom. The highest BCUT2D eigenvalue weighted by Crippen LogP contribution is 2.28. The van der Waals surface area contributed by atoms with E-state index in [1.807, 2.05) is 0 Å². The summed E-state index contributed by atoms with van der Waals surface area (Å²) >= 11 is 0. The minimum absolute atomic E-state index is 0.125. The van der Waals surface area contributed by atoms with Crippen LogP contribution < -0.4 is 0 Å². The molecule has 0 aliphatic heterocycles. The van der Waals surface area contributed by atoms with Crippen LogP contribution in [0.1, 0.15) is 19.6 Å². The molecule has 0 saturated carbocycles. The maximum absolute atomic E-state index is 12.5. The van der Waals surface area contributed by atoms with Gasteiger partial charge in [-0.05, 0) is 23.6 Å². The van der Waals surface area contributed by atoms with Crippen LogP contribution in [0.3, 0.4) is 0 Å². The highest BCUT2D eigenvalue weighted by Gasteiger charge is 2.27. The summed E-state index contributed by atoms with van der Waals surface area (Å²) in [6.07, 6.45) is 6.96. The van der Waals surface area contributed by atoms with Gasteiger partial charge in [0.2, 0.25) is 6.41 Å². The van der Waals surface area contributed by atoms with Crippen molar-refractivity contribution in [1.82, 2.24) is 9.96 Å². The highest BCUT2D eigenvalue weighted by molar-refractivity contribution is 6.01. The summed E-state index contributed by atoms with van der Waals surface area (Å²) in [4.78, 5) is 25.5. The standard InChI is InChI=1S/C20H26N2O5/c1-6-9-16(7-2)12-26-14-22(13-23)19(17-10-8-11-27-17)18(15(3)4)20(24)21(5)25/h6-11,13,15,25H,1-2,12,14H2,3-5H3/b16-9+,19-18-. The number of furan rings is 1. The molecule has 0 bridgehead atoms. The van der Waals surface area contributed by atoms with Gasteiger partial charge in [0, 0.05) is 12.6 Å². The van der Waals surface area contributed by atoms with Gasteiger partial charge in [0.1, 0.15) is 6.73 Å². The smallest absolute Gasteiger partial charge is 0.275 e. The number of carbonyl (C=O) groups is 2. The molecule has 1 heterocycles. The van der Waals surface area contributed by atoms with E-state index in [4.69, 9.17) is 9.15 Å². The van der Waals surface area contributed by atoms with Crippen LogP contribution in [0, 0.1) is 5.92 Å². The first-order valence-electron chi connectivity index (χ1n) is 8.36. The second kappa shape index (κ2) is 10.9. The summed E-state index contributed by atoms with van der Waals surface area (Å²) in [5.74, 6) is -0.615. The third-order valence-corrected chi connectivity index (χ3v) is 3.62. The average Bonchev–Trinajstić information content (AvgIpc) is 3.16. The lowest BCUT2D eigenvalue weighted by molar-refractivity contribution is -0.155. The minimum atomic E-state index is -0.637. The number of allylic oxidation sites excluding steroid dienone is 2. The number of carbonyl (C=O) groups excluding carboxylic acids is 2. The molecule has 0 unspecified atom stereocenters. The molecule has 146 valence electrons. The third-order valence-electron chi connectivity index (χ3n) is 3.62. The van der Waals surface area contributed by atoms with E-state index in [1.54, 1.807) is 44.2 Å². The van der Waals surface area contributed by atoms with Gasteiger partial charge in [0.25, 0.3) is 5.91 Å². The van der Waals surface area contributed by atoms with Crippen molar-refractivity contribution in [3.8, 4) is 0 Å². The minimum Gasteiger partial charge on any atom is -0.463 e. The Hall–Kier alpha value is -2.90. The van der Waals surface area contributed by atoms with Crippen molar-refractivity contribution in [3.05, 3.63) is 66.7 Å². The number of nitrogens with zero attached hydrogens (tertiary/aromatic N) is 2. The zero-order valence-corrected chi connectivity index (χ0v) is 15.9. The maximum atomic E-state index is 12.5. The topological polar surface area (TPSA) is 83.2 Å². The molecule has 0 aliphatic carbocycles. The van der Waals surface area contributed by atoms with E-state index in [9.17, 15) is 14.8 Å². The first-order valence-corrected chi connectivity index (χ1v) is 8.36. The van der Waals surface area contributed by atoms with Crippen LogP contribution in [0.4, 0.5) is 0 Å². The fourth-order valence-electron chi connectivity index (χ4n) is 2.37. The van der Waals surface area contributed by atoms with Crippen LogP contribution in [0.25, 0.3) is 5.70 Å². The molecule has 0 radical (unpaired) electrons. The number of hydrogen-bond acceptors (Lipinski definition) is 5. The van der Waals surface area contributed by atoms with Gasteiger partial charge in [-0.15, -0.1) is 0 Å². The zero-order valence-electron chi connectivity index (χ0n) is 15.9. The lowest BCUT2D eigenvalue weighted by Gasteiger charge is -2.25. The van der Waals surface area contributed by atoms with Crippen LogP contribution in [0.15, 0.2) is 65.3 Å². The van der Waals surface area contributed by atoms with Gasteiger partial charge in [-0.3, -0.25) is 19.7 Å². The Morgan fingerprint density at radius 2 is 2.11 bits per heavy atom. The summed E-state index contributed by atoms with van der Waals surface area (Å²) in [6.45, 7) is 10.9. The Labute approximate surface area is 159 Å². The molecule has 0 aliphatic rings. The van der Waals surface area contributed by atoms with Gasteiger partial charge in [0.15, 0.2) is 5.76 Å². The van der Waals surface area contributed by atoms with Gasteiger partial charge in [-0.25, -0.2) is 5.06 Å². The number of rotatable bonds is 11. The average molecular weight is 374 g/mol. The normalized spacial score (nSPS) is 12.4. The lowest BCUT2D eigenvalue weighted by Crippen LogP contribution is -2.32. The summed E-state index contributed by atoms with van der Waals surface area (Å²) < 4.78 is 11.0. The summed E-state index contributed by atoms with van der Waals surface area (Å²) in [5, 5.41) is 10.1. The largest absolute Gasteiger partial charge is 0.463 e. The van der Waals surface area contributed by atoms with Crippen molar-refractivity contribution >= 4 is 18.0 Å². The molecule has 7 nitrogen and oxygen atoms in total. The van der Waals surface area contributed by atoms with Gasteiger partial charge < -0.3 is 9.15 Å². The van der Waals surface area contributed by atoms with Gasteiger partial charge in [0.05, 0.1) is 18.6 Å². The van der Waals surface area contributed by atoms with Crippen LogP contribution in [0.2, 0.25) is 0 Å². The zero-order chi connectivity index (χ0) is 20.4. The number of likely N-dealkylation sites (N-methyl/N-ethyl adjacent to an activating group) is 1. The molecule has 1 rings (SSSR count). The van der Waals surface area contributed by atoms with Crippen molar-refractivity contribution in [2.45, 2.75) is 13.8 Å². The van der Waals surface area contributed by atoms with Crippen LogP contribution in [0.5, 0.6) is 0 Å². The molecule has 0 saturated heterocycles. The molecule has 0 aromatic carbocycles. The SMILES string of the molecule is C=C/C=C(\C=C)COCN(C=O)/C(=C(\C(=O)N(C)O)C(C)C)c1ccco1. The van der Waals surface area contributed by atoms with Crippen LogP contribution in [-0.2, 0) is 14.3 Å². The van der Waals surface area contributed by atoms with E-state index in [2.05, 4.69) is 13.2 Å². The van der Waals surface area contributed by atoms with E-state index in [0.717, 1.165) is 5.57 Å². The Morgan fingerprint density at radius 1 is 1.41 bits per heavy atom. The number of amides is 2. The number of hydrogen-bond donors (Lipinski definition) is 1. The summed E-state index contributed by atoms with van der Waals surface area (Å²) in [5.41, 5.74) is 1.25. The molecule has 1 aromatic heterocycles. The van der Waals surface area contributed by atoms with Crippen molar-refractivity contribution in [2.75, 3.05) is 20.4 Å². The quantitative estimate of drug-likeness (QED) is 0.161. The van der Waals surface area contributed by atoms with Crippen LogP contribution in [-0.4, -0.2) is 47.9 Å². The predicted octanol–water partition coefficient (Wildman–Crippen LogP) is 3.23. The van der Waals surface area contributed by atoms with E-state index in [1.165, 1.54) is 18.2 Å². The van der Waals surface area contributed by atoms with E-state index in [-0.39, 0.29) is 30.5 Å². The number of hydroxylamine groups is 2. The van der Waals surface area contributed by atoms with Crippen molar-refractivity contribution < 1.29 is 24.0 Å². The molecular formula is C20H26N2O5. The molecule has 1 aromatic rings. The summed E-state index contributed by atoms with van der Waals surface area (Å²) in [6, 6.07) is 3.28. The van der Waals surface area contributed by atoms with Gasteiger partial charge >= 0.3 is 0 Å². The second-order valence-corrected chi connectivity index (χ2v) is 5.96. The molecule has 0 atom stereocenters. The monoisotopic (exact) mass is 374 g/mol. The van der Waals surface area contributed by atoms with E-state index < -0.39 is 5.91 Å². The molecule has 2 amide bonds. The molecule has 1 N–H and O–H groups in total. The van der Waals surface area contributed by atoms with Crippen LogP contribution >= 0.6 is 0 Å². The third kappa shape index (κ3) is 6.09. The van der Waals surface area contributed by atoms with Crippen molar-refractivity contribution in [2.24, 2.45) is 5.92 Å². The van der Waals surface area contributed by atoms with E-state index >= 15 is 0 Å². The summed E-state index contributed by atoms with van der Waals surface area (Å²) in [7, 11) is 1.22. The van der Waals surface area contributed by atoms with Crippen molar-refractivity contribution in [3.63, 3.8) is 0 Å². The van der Waals surface area contributed by atoms with Gasteiger partial charge in [-0.1, -0.05) is 45.2 Å². The Kier molecular flexibility index (Phi) is 8.98. The van der Waals surface area contributed by atoms with Gasteiger partial charge in [-0.2, -0.15) is 0 Å². The Balaban J connectivity index is 3.28. The lowest BCUT2D eigenvalue weighted by atomic mass is 9.98. The molecular weight excluding hydrogens is 348 g/mol. The molecule has 7 heteroatoms. The molecule has 0 spiro atoms. The number of ether oxygens (including phenoxy) is 1. The fraction of sp³-hybridized carbons (Fsp3) is 0.300. The molecule has 0 fully saturated rings. The molecule has 27 heavy (non-hydrogen) atoms.